The summed E-state index contributed by atoms with van der Waals surface area (Å²) < 4.78 is 0. The second-order valence-corrected chi connectivity index (χ2v) is 8.94. The summed E-state index contributed by atoms with van der Waals surface area (Å²) in [5.74, 6) is 0.156. The Labute approximate surface area is 198 Å². The minimum absolute atomic E-state index is 0.0415. The molecule has 3 heterocycles. The highest BCUT2D eigenvalue weighted by Crippen LogP contribution is 2.33. The third-order valence-electron chi connectivity index (χ3n) is 5.79. The summed E-state index contributed by atoms with van der Waals surface area (Å²) in [7, 11) is 4.08. The molecule has 3 aromatic heterocycles. The van der Waals surface area contributed by atoms with Crippen LogP contribution in [-0.2, 0) is 11.3 Å². The van der Waals surface area contributed by atoms with Crippen LogP contribution in [0.2, 0.25) is 0 Å². The molecule has 0 aliphatic heterocycles. The highest BCUT2D eigenvalue weighted by atomic mass is 16.2. The number of H-pyrrole nitrogens is 1. The zero-order chi connectivity index (χ0) is 23.7. The summed E-state index contributed by atoms with van der Waals surface area (Å²) in [5, 5.41) is 14.8. The molecule has 1 saturated carbocycles. The molecular formula is C26H27N7O. The van der Waals surface area contributed by atoms with E-state index >= 15 is 0 Å². The van der Waals surface area contributed by atoms with Crippen molar-refractivity contribution in [1.82, 2.24) is 25.1 Å². The van der Waals surface area contributed by atoms with Gasteiger partial charge in [0.05, 0.1) is 28.8 Å². The summed E-state index contributed by atoms with van der Waals surface area (Å²) in [6.45, 7) is 5.03. The van der Waals surface area contributed by atoms with Gasteiger partial charge in [0.1, 0.15) is 5.69 Å². The molecule has 0 atom stereocenters. The lowest BCUT2D eigenvalue weighted by molar-refractivity contribution is -0.117. The minimum Gasteiger partial charge on any atom is -0.351 e. The highest BCUT2D eigenvalue weighted by Gasteiger charge is 2.30. The van der Waals surface area contributed by atoms with Crippen LogP contribution in [0.3, 0.4) is 0 Å². The molecule has 4 aromatic rings. The number of hydrogen-bond acceptors (Lipinski definition) is 6. The number of aromatic nitrogens is 4. The number of amides is 1. The van der Waals surface area contributed by atoms with E-state index in [-0.39, 0.29) is 11.8 Å². The van der Waals surface area contributed by atoms with Gasteiger partial charge in [0.2, 0.25) is 5.91 Å². The first-order valence-electron chi connectivity index (χ1n) is 11.3. The van der Waals surface area contributed by atoms with E-state index in [0.29, 0.717) is 22.8 Å². The lowest BCUT2D eigenvalue weighted by atomic mass is 10.0. The summed E-state index contributed by atoms with van der Waals surface area (Å²) in [6, 6.07) is 10.1. The third-order valence-corrected chi connectivity index (χ3v) is 5.79. The molecule has 3 N–H and O–H groups in total. The van der Waals surface area contributed by atoms with Gasteiger partial charge in [0.25, 0.3) is 0 Å². The van der Waals surface area contributed by atoms with Gasteiger partial charge < -0.3 is 15.5 Å². The molecule has 34 heavy (non-hydrogen) atoms. The van der Waals surface area contributed by atoms with Crippen molar-refractivity contribution in [3.8, 4) is 11.1 Å². The molecule has 1 aromatic carbocycles. The predicted octanol–water partition coefficient (Wildman–Crippen LogP) is 4.51. The summed E-state index contributed by atoms with van der Waals surface area (Å²) >= 11 is 0. The summed E-state index contributed by atoms with van der Waals surface area (Å²) in [4.78, 5) is 23.0. The van der Waals surface area contributed by atoms with Gasteiger partial charge in [-0.15, -0.1) is 0 Å². The number of nitrogens with one attached hydrogen (secondary N) is 3. The molecule has 0 saturated heterocycles. The lowest BCUT2D eigenvalue weighted by Crippen LogP contribution is -2.15. The van der Waals surface area contributed by atoms with Crippen LogP contribution in [0.15, 0.2) is 61.7 Å². The lowest BCUT2D eigenvalue weighted by Gasteiger charge is -2.13. The number of pyridine rings is 2. The molecule has 0 bridgehead atoms. The van der Waals surface area contributed by atoms with Crippen molar-refractivity contribution in [2.75, 3.05) is 24.7 Å². The molecule has 0 spiro atoms. The van der Waals surface area contributed by atoms with Gasteiger partial charge in [-0.25, -0.2) is 0 Å². The van der Waals surface area contributed by atoms with E-state index in [4.69, 9.17) is 0 Å². The Bertz CT molecular complexity index is 1370. The van der Waals surface area contributed by atoms with E-state index in [2.05, 4.69) is 60.5 Å². The molecule has 5 rings (SSSR count). The van der Waals surface area contributed by atoms with Gasteiger partial charge in [-0.2, -0.15) is 5.10 Å². The Morgan fingerprint density at radius 1 is 1.06 bits per heavy atom. The Kier molecular flexibility index (Phi) is 5.81. The van der Waals surface area contributed by atoms with Gasteiger partial charge in [-0.05, 0) is 62.3 Å². The topological polar surface area (TPSA) is 98.8 Å². The average Bonchev–Trinajstić information content (AvgIpc) is 3.59. The monoisotopic (exact) mass is 453 g/mol. The number of fused-ring (bicyclic) bond motifs is 1. The van der Waals surface area contributed by atoms with Gasteiger partial charge in [-0.3, -0.25) is 19.9 Å². The molecule has 1 aliphatic rings. The van der Waals surface area contributed by atoms with Crippen molar-refractivity contribution in [3.63, 3.8) is 0 Å². The Morgan fingerprint density at radius 2 is 1.91 bits per heavy atom. The number of nitrogens with zero attached hydrogens (tertiary/aromatic N) is 4. The SMILES string of the molecule is C=C(Nc1cnccc1NC(=O)C1CC1)c1n[nH]c2ccc(-c3cncc(CN(C)C)c3)cc12. The molecule has 1 fully saturated rings. The van der Waals surface area contributed by atoms with E-state index in [1.54, 1.807) is 18.5 Å². The standard InChI is InChI=1S/C26H27N7O/c1-16(29-24-14-27-9-8-23(24)30-26(34)18-4-5-18)25-21-11-19(6-7-22(21)31-32-25)20-10-17(12-28-13-20)15-33(2)3/h6-14,18,29H,1,4-5,15H2,2-3H3,(H,31,32)(H,27,30,34). The predicted molar refractivity (Wildman–Crippen MR) is 135 cm³/mol. The van der Waals surface area contributed by atoms with Crippen molar-refractivity contribution >= 4 is 33.9 Å². The molecule has 0 radical (unpaired) electrons. The fourth-order valence-corrected chi connectivity index (χ4v) is 3.93. The minimum atomic E-state index is 0.0415. The Hall–Kier alpha value is -4.04. The first kappa shape index (κ1) is 21.8. The first-order chi connectivity index (χ1) is 16.5. The maximum absolute atomic E-state index is 12.3. The normalized spacial score (nSPS) is 13.3. The summed E-state index contributed by atoms with van der Waals surface area (Å²) in [5.41, 5.74) is 6.83. The second-order valence-electron chi connectivity index (χ2n) is 8.94. The molecular weight excluding hydrogens is 426 g/mol. The number of aromatic amines is 1. The Balaban J connectivity index is 1.42. The maximum atomic E-state index is 12.3. The van der Waals surface area contributed by atoms with Gasteiger partial charge >= 0.3 is 0 Å². The van der Waals surface area contributed by atoms with Crippen LogP contribution in [0.25, 0.3) is 27.7 Å². The van der Waals surface area contributed by atoms with Gasteiger partial charge in [0.15, 0.2) is 0 Å². The quantitative estimate of drug-likeness (QED) is 0.363. The first-order valence-corrected chi connectivity index (χ1v) is 11.3. The van der Waals surface area contributed by atoms with Crippen LogP contribution in [-0.4, -0.2) is 45.1 Å². The number of anilines is 2. The second kappa shape index (κ2) is 9.07. The molecule has 8 nitrogen and oxygen atoms in total. The van der Waals surface area contributed by atoms with Gasteiger partial charge in [-0.1, -0.05) is 12.6 Å². The molecule has 1 aliphatic carbocycles. The zero-order valence-corrected chi connectivity index (χ0v) is 19.3. The third kappa shape index (κ3) is 4.67. The summed E-state index contributed by atoms with van der Waals surface area (Å²) in [6.07, 6.45) is 8.99. The van der Waals surface area contributed by atoms with Crippen molar-refractivity contribution in [2.45, 2.75) is 19.4 Å². The largest absolute Gasteiger partial charge is 0.351 e. The van der Waals surface area contributed by atoms with Crippen LogP contribution >= 0.6 is 0 Å². The highest BCUT2D eigenvalue weighted by molar-refractivity contribution is 5.99. The van der Waals surface area contributed by atoms with Crippen LogP contribution in [0.1, 0.15) is 24.1 Å². The van der Waals surface area contributed by atoms with Gasteiger partial charge in [0, 0.05) is 42.0 Å². The smallest absolute Gasteiger partial charge is 0.227 e. The van der Waals surface area contributed by atoms with Crippen molar-refractivity contribution in [3.05, 3.63) is 73.0 Å². The number of rotatable bonds is 8. The van der Waals surface area contributed by atoms with Crippen LogP contribution in [0.4, 0.5) is 11.4 Å². The number of benzene rings is 1. The fourth-order valence-electron chi connectivity index (χ4n) is 3.93. The molecule has 8 heteroatoms. The number of hydrogen-bond donors (Lipinski definition) is 3. The molecule has 172 valence electrons. The van der Waals surface area contributed by atoms with E-state index in [9.17, 15) is 4.79 Å². The molecule has 1 amide bonds. The Morgan fingerprint density at radius 3 is 2.71 bits per heavy atom. The average molecular weight is 454 g/mol. The van der Waals surface area contributed by atoms with Crippen LogP contribution in [0, 0.1) is 5.92 Å². The molecule has 0 unspecified atom stereocenters. The van der Waals surface area contributed by atoms with Crippen molar-refractivity contribution in [2.24, 2.45) is 5.92 Å². The fraction of sp³-hybridized carbons (Fsp3) is 0.231. The number of carbonyl (C=O) groups excluding carboxylic acids is 1. The number of carbonyl (C=O) groups is 1. The maximum Gasteiger partial charge on any atom is 0.227 e. The van der Waals surface area contributed by atoms with Crippen molar-refractivity contribution < 1.29 is 4.79 Å². The van der Waals surface area contributed by atoms with Crippen molar-refractivity contribution in [1.29, 1.82) is 0 Å². The van der Waals surface area contributed by atoms with E-state index < -0.39 is 0 Å². The van der Waals surface area contributed by atoms with Crippen LogP contribution in [0.5, 0.6) is 0 Å². The zero-order valence-electron chi connectivity index (χ0n) is 19.3. The van der Waals surface area contributed by atoms with Crippen LogP contribution < -0.4 is 10.6 Å². The van der Waals surface area contributed by atoms with E-state index in [1.807, 2.05) is 32.6 Å². The van der Waals surface area contributed by atoms with E-state index in [1.165, 1.54) is 0 Å². The van der Waals surface area contributed by atoms with E-state index in [0.717, 1.165) is 47.0 Å².